The summed E-state index contributed by atoms with van der Waals surface area (Å²) in [6, 6.07) is 23.6. The number of rotatable bonds is 8. The number of hydrogen-bond donors (Lipinski definition) is 2. The number of benzene rings is 3. The highest BCUT2D eigenvalue weighted by molar-refractivity contribution is 6.31. The molecule has 0 aliphatic carbocycles. The maximum absolute atomic E-state index is 13.2. The lowest BCUT2D eigenvalue weighted by atomic mass is 9.87. The van der Waals surface area contributed by atoms with E-state index in [9.17, 15) is 4.79 Å². The van der Waals surface area contributed by atoms with Gasteiger partial charge in [0.25, 0.3) is 0 Å². The molecule has 2 N–H and O–H groups in total. The van der Waals surface area contributed by atoms with Gasteiger partial charge in [0, 0.05) is 58.4 Å². The Morgan fingerprint density at radius 1 is 1.07 bits per heavy atom. The highest BCUT2D eigenvalue weighted by atomic mass is 35.5. The molecule has 0 amide bonds. The minimum Gasteiger partial charge on any atom is -0.497 e. The summed E-state index contributed by atoms with van der Waals surface area (Å²) in [7, 11) is 3.13. The molecule has 7 nitrogen and oxygen atoms in total. The molecule has 5 aromatic rings. The maximum Gasteiger partial charge on any atom is 0.323 e. The fourth-order valence-electron chi connectivity index (χ4n) is 5.87. The van der Waals surface area contributed by atoms with Crippen LogP contribution in [0.2, 0.25) is 5.02 Å². The zero-order valence-electron chi connectivity index (χ0n) is 22.5. The van der Waals surface area contributed by atoms with Crippen LogP contribution in [-0.4, -0.2) is 54.2 Å². The molecule has 1 aliphatic rings. The second kappa shape index (κ2) is 11.2. The first-order chi connectivity index (χ1) is 19.6. The summed E-state index contributed by atoms with van der Waals surface area (Å²) in [5.41, 5.74) is 6.31. The quantitative estimate of drug-likeness (QED) is 0.171. The Labute approximate surface area is 238 Å². The van der Waals surface area contributed by atoms with Crippen molar-refractivity contribution in [3.05, 3.63) is 101 Å². The van der Waals surface area contributed by atoms with Crippen molar-refractivity contribution in [2.24, 2.45) is 0 Å². The van der Waals surface area contributed by atoms with Crippen molar-refractivity contribution in [2.45, 2.75) is 24.9 Å². The number of hydrogen-bond acceptors (Lipinski definition) is 6. The summed E-state index contributed by atoms with van der Waals surface area (Å²) < 4.78 is 10.8. The van der Waals surface area contributed by atoms with Crippen LogP contribution < -0.4 is 10.1 Å². The van der Waals surface area contributed by atoms with E-state index in [4.69, 9.17) is 21.1 Å². The zero-order valence-corrected chi connectivity index (χ0v) is 23.2. The molecule has 6 rings (SSSR count). The third-order valence-electron chi connectivity index (χ3n) is 7.77. The van der Waals surface area contributed by atoms with E-state index in [1.54, 1.807) is 13.3 Å². The van der Waals surface area contributed by atoms with Crippen LogP contribution in [0.4, 0.5) is 5.69 Å². The van der Waals surface area contributed by atoms with Crippen LogP contribution in [0.25, 0.3) is 21.8 Å². The minimum absolute atomic E-state index is 0.143. The largest absolute Gasteiger partial charge is 0.497 e. The lowest BCUT2D eigenvalue weighted by Crippen LogP contribution is -2.49. The molecule has 204 valence electrons. The molecule has 2 atom stereocenters. The highest BCUT2D eigenvalue weighted by Gasteiger charge is 2.41. The molecule has 40 heavy (non-hydrogen) atoms. The number of anilines is 1. The number of methoxy groups -OCH3 is 2. The minimum atomic E-state index is -0.410. The number of para-hydroxylation sites is 1. The number of fused-ring (bicyclic) bond motifs is 4. The molecule has 1 aliphatic heterocycles. The topological polar surface area (TPSA) is 79.5 Å². The van der Waals surface area contributed by atoms with Gasteiger partial charge in [0.1, 0.15) is 11.8 Å². The van der Waals surface area contributed by atoms with Gasteiger partial charge in [0.05, 0.1) is 25.8 Å². The number of nitrogens with one attached hydrogen (secondary N) is 2. The van der Waals surface area contributed by atoms with E-state index in [0.717, 1.165) is 57.5 Å². The molecular weight excluding hydrogens is 524 g/mol. The Morgan fingerprint density at radius 2 is 1.90 bits per heavy atom. The standard InChI is InChI=1S/C32H31ClN4O3/c1-39-22-11-8-20(9-12-22)31-30-25(23-6-3-4-7-27(23)36-30)19-29(32(38)40-2)37(31)17-5-15-34-26-14-16-35-28-18-21(33)10-13-24(26)28/h3-4,6-14,16,18,29,31,36H,5,15,17,19H2,1-2H3,(H,34,35)/t29-,31-/m0/s1. The van der Waals surface area contributed by atoms with E-state index < -0.39 is 6.04 Å². The van der Waals surface area contributed by atoms with E-state index in [1.165, 1.54) is 12.7 Å². The van der Waals surface area contributed by atoms with Gasteiger partial charge in [-0.15, -0.1) is 0 Å². The molecule has 3 heterocycles. The SMILES string of the molecule is COC(=O)[C@@H]1Cc2c([nH]c3ccccc23)[C@H](c2ccc(OC)cc2)N1CCCNc1ccnc2cc(Cl)ccc12. The number of carbonyl (C=O) groups is 1. The van der Waals surface area contributed by atoms with Gasteiger partial charge >= 0.3 is 5.97 Å². The summed E-state index contributed by atoms with van der Waals surface area (Å²) in [5.74, 6) is 0.571. The molecule has 0 unspecified atom stereocenters. The van der Waals surface area contributed by atoms with Crippen molar-refractivity contribution < 1.29 is 14.3 Å². The molecule has 0 saturated heterocycles. The third kappa shape index (κ3) is 4.87. The number of nitrogens with zero attached hydrogens (tertiary/aromatic N) is 2. The number of ether oxygens (including phenoxy) is 2. The smallest absolute Gasteiger partial charge is 0.323 e. The maximum atomic E-state index is 13.2. The number of carbonyl (C=O) groups excluding carboxylic acids is 1. The van der Waals surface area contributed by atoms with Gasteiger partial charge in [-0.05, 0) is 60.0 Å². The average Bonchev–Trinajstić information content (AvgIpc) is 3.36. The molecule has 0 radical (unpaired) electrons. The zero-order chi connectivity index (χ0) is 27.6. The van der Waals surface area contributed by atoms with Gasteiger partial charge in [-0.2, -0.15) is 0 Å². The van der Waals surface area contributed by atoms with Crippen molar-refractivity contribution in [1.29, 1.82) is 0 Å². The number of halogens is 1. The number of pyridine rings is 1. The molecular formula is C32H31ClN4O3. The highest BCUT2D eigenvalue weighted by Crippen LogP contribution is 2.41. The number of esters is 1. The molecule has 0 bridgehead atoms. The normalized spacial score (nSPS) is 17.1. The number of aromatic nitrogens is 2. The van der Waals surface area contributed by atoms with E-state index in [-0.39, 0.29) is 12.0 Å². The molecule has 0 spiro atoms. The lowest BCUT2D eigenvalue weighted by molar-refractivity contribution is -0.148. The Morgan fingerprint density at radius 3 is 2.70 bits per heavy atom. The van der Waals surface area contributed by atoms with Crippen LogP contribution >= 0.6 is 11.6 Å². The summed E-state index contributed by atoms with van der Waals surface area (Å²) in [4.78, 5) is 23.6. The average molecular weight is 555 g/mol. The summed E-state index contributed by atoms with van der Waals surface area (Å²) in [5, 5.41) is 6.40. The van der Waals surface area contributed by atoms with Crippen LogP contribution in [-0.2, 0) is 16.0 Å². The lowest BCUT2D eigenvalue weighted by Gasteiger charge is -2.41. The van der Waals surface area contributed by atoms with Crippen LogP contribution in [0.5, 0.6) is 5.75 Å². The van der Waals surface area contributed by atoms with Gasteiger partial charge in [0.2, 0.25) is 0 Å². The first-order valence-electron chi connectivity index (χ1n) is 13.4. The Kier molecular flexibility index (Phi) is 7.32. The van der Waals surface area contributed by atoms with E-state index in [0.29, 0.717) is 18.0 Å². The van der Waals surface area contributed by atoms with Crippen molar-refractivity contribution in [2.75, 3.05) is 32.6 Å². The summed E-state index contributed by atoms with van der Waals surface area (Å²) >= 11 is 6.16. The summed E-state index contributed by atoms with van der Waals surface area (Å²) in [6.07, 6.45) is 3.19. The van der Waals surface area contributed by atoms with E-state index in [2.05, 4.69) is 44.5 Å². The number of H-pyrrole nitrogens is 1. The van der Waals surface area contributed by atoms with Crippen LogP contribution in [0, 0.1) is 0 Å². The first kappa shape index (κ1) is 26.2. The van der Waals surface area contributed by atoms with Crippen LogP contribution in [0.15, 0.2) is 79.0 Å². The van der Waals surface area contributed by atoms with Crippen molar-refractivity contribution in [3.63, 3.8) is 0 Å². The van der Waals surface area contributed by atoms with Gasteiger partial charge in [-0.3, -0.25) is 14.7 Å². The molecule has 3 aromatic carbocycles. The Hall–Kier alpha value is -4.07. The fourth-order valence-corrected chi connectivity index (χ4v) is 6.04. The van der Waals surface area contributed by atoms with Crippen molar-refractivity contribution in [3.8, 4) is 5.75 Å². The van der Waals surface area contributed by atoms with Crippen LogP contribution in [0.1, 0.15) is 29.3 Å². The Bertz CT molecular complexity index is 1670. The van der Waals surface area contributed by atoms with Crippen molar-refractivity contribution in [1.82, 2.24) is 14.9 Å². The van der Waals surface area contributed by atoms with Gasteiger partial charge < -0.3 is 19.8 Å². The molecule has 2 aromatic heterocycles. The van der Waals surface area contributed by atoms with Gasteiger partial charge in [0.15, 0.2) is 0 Å². The third-order valence-corrected chi connectivity index (χ3v) is 8.00. The second-order valence-electron chi connectivity index (χ2n) is 10.0. The molecule has 8 heteroatoms. The fraction of sp³-hybridized carbons (Fsp3) is 0.250. The Balaban J connectivity index is 1.32. The predicted octanol–water partition coefficient (Wildman–Crippen LogP) is 6.37. The molecule has 0 saturated carbocycles. The van der Waals surface area contributed by atoms with E-state index >= 15 is 0 Å². The summed E-state index contributed by atoms with van der Waals surface area (Å²) in [6.45, 7) is 1.41. The van der Waals surface area contributed by atoms with Gasteiger partial charge in [-0.25, -0.2) is 0 Å². The number of aromatic amines is 1. The monoisotopic (exact) mass is 554 g/mol. The predicted molar refractivity (Wildman–Crippen MR) is 159 cm³/mol. The van der Waals surface area contributed by atoms with Gasteiger partial charge in [-0.1, -0.05) is 41.9 Å². The first-order valence-corrected chi connectivity index (χ1v) is 13.8. The molecule has 0 fully saturated rings. The second-order valence-corrected chi connectivity index (χ2v) is 10.5. The van der Waals surface area contributed by atoms with Crippen LogP contribution in [0.3, 0.4) is 0 Å². The van der Waals surface area contributed by atoms with Crippen molar-refractivity contribution >= 4 is 45.1 Å². The van der Waals surface area contributed by atoms with E-state index in [1.807, 2.05) is 48.5 Å².